The number of aliphatic hydroxyl groups is 1. The molecule has 4 amide bonds. The standard InChI is InChI=1S/C30H40FN7O13/c31-10-3-4-19-15-38(37-36-19)20-13-17(12-18(14-20)27(45)35-23(51-16-39)7-9-25(42)43)26(44)32-11-2-1-5-21(28(46)47)33-30(50)34-22(29(48)49)6-8-24(40)41/h12-15,21-23,39H,1-11,16H2,(H,32,44)(H,35,45)(H,40,41)(H,42,43)(H,46,47)(H,48,49)(H2,33,34,50)/t21?,22-,23+/m0/s1. The summed E-state index contributed by atoms with van der Waals surface area (Å²) in [5, 5.41) is 62.7. The molecule has 3 atom stereocenters. The average Bonchev–Trinajstić information content (AvgIpc) is 3.56. The molecule has 0 saturated heterocycles. The molecule has 9 N–H and O–H groups in total. The van der Waals surface area contributed by atoms with E-state index in [0.717, 1.165) is 0 Å². The van der Waals surface area contributed by atoms with Crippen molar-refractivity contribution in [2.75, 3.05) is 20.0 Å². The molecule has 0 aliphatic heterocycles. The van der Waals surface area contributed by atoms with Crippen molar-refractivity contribution in [3.63, 3.8) is 0 Å². The number of hydrogen-bond acceptors (Lipinski definition) is 11. The number of aromatic nitrogens is 3. The van der Waals surface area contributed by atoms with Gasteiger partial charge in [-0.3, -0.25) is 23.6 Å². The van der Waals surface area contributed by atoms with Gasteiger partial charge in [0.15, 0.2) is 0 Å². The van der Waals surface area contributed by atoms with Gasteiger partial charge in [-0.25, -0.2) is 19.1 Å². The highest BCUT2D eigenvalue weighted by Crippen LogP contribution is 2.16. The molecule has 0 bridgehead atoms. The van der Waals surface area contributed by atoms with E-state index < -0.39 is 86.3 Å². The molecular formula is C30H40FN7O13. The molecule has 2 aromatic rings. The van der Waals surface area contributed by atoms with Crippen LogP contribution in [0.5, 0.6) is 0 Å². The molecule has 0 spiro atoms. The second-order valence-electron chi connectivity index (χ2n) is 11.0. The minimum atomic E-state index is -1.56. The van der Waals surface area contributed by atoms with Crippen LogP contribution in [0.3, 0.4) is 0 Å². The molecule has 1 aromatic carbocycles. The number of alkyl halides is 1. The first-order chi connectivity index (χ1) is 24.2. The summed E-state index contributed by atoms with van der Waals surface area (Å²) in [7, 11) is 0. The number of ether oxygens (including phenoxy) is 1. The largest absolute Gasteiger partial charge is 0.481 e. The highest BCUT2D eigenvalue weighted by Gasteiger charge is 2.25. The fraction of sp³-hybridized carbons (Fsp3) is 0.500. The lowest BCUT2D eigenvalue weighted by Crippen LogP contribution is -2.51. The number of carboxylic acid groups (broad SMARTS) is 4. The molecule has 0 aliphatic carbocycles. The van der Waals surface area contributed by atoms with Gasteiger partial charge in [0.25, 0.3) is 11.8 Å². The van der Waals surface area contributed by atoms with Crippen LogP contribution >= 0.6 is 0 Å². The number of amides is 4. The van der Waals surface area contributed by atoms with Gasteiger partial charge in [-0.05, 0) is 56.7 Å². The number of rotatable bonds is 24. The fourth-order valence-corrected chi connectivity index (χ4v) is 4.48. The van der Waals surface area contributed by atoms with E-state index in [-0.39, 0.29) is 68.3 Å². The van der Waals surface area contributed by atoms with E-state index in [1.165, 1.54) is 29.1 Å². The maximum Gasteiger partial charge on any atom is 0.326 e. The molecule has 0 saturated carbocycles. The molecule has 1 heterocycles. The van der Waals surface area contributed by atoms with Crippen LogP contribution < -0.4 is 21.3 Å². The fourth-order valence-electron chi connectivity index (χ4n) is 4.48. The van der Waals surface area contributed by atoms with E-state index in [0.29, 0.717) is 5.69 Å². The van der Waals surface area contributed by atoms with E-state index in [4.69, 9.17) is 20.1 Å². The van der Waals surface area contributed by atoms with Crippen molar-refractivity contribution in [2.45, 2.75) is 76.1 Å². The van der Waals surface area contributed by atoms with Crippen molar-refractivity contribution in [3.05, 3.63) is 41.2 Å². The molecule has 20 nitrogen and oxygen atoms in total. The van der Waals surface area contributed by atoms with Crippen LogP contribution in [0.1, 0.15) is 77.8 Å². The molecule has 51 heavy (non-hydrogen) atoms. The summed E-state index contributed by atoms with van der Waals surface area (Å²) in [6.45, 7) is -1.36. The number of urea groups is 1. The summed E-state index contributed by atoms with van der Waals surface area (Å²) in [5.41, 5.74) is 0.590. The number of aliphatic hydroxyl groups excluding tert-OH is 1. The van der Waals surface area contributed by atoms with Crippen LogP contribution in [0.25, 0.3) is 5.69 Å². The van der Waals surface area contributed by atoms with Gasteiger partial charge in [-0.15, -0.1) is 5.10 Å². The van der Waals surface area contributed by atoms with Crippen molar-refractivity contribution in [3.8, 4) is 5.69 Å². The number of carboxylic acids is 4. The maximum atomic E-state index is 13.2. The van der Waals surface area contributed by atoms with Crippen molar-refractivity contribution < 1.29 is 68.2 Å². The Bertz CT molecular complexity index is 1540. The predicted octanol–water partition coefficient (Wildman–Crippen LogP) is 0.0270. The van der Waals surface area contributed by atoms with E-state index in [9.17, 15) is 48.2 Å². The number of carbonyl (C=O) groups is 7. The van der Waals surface area contributed by atoms with Crippen LogP contribution in [-0.2, 0) is 30.3 Å². The SMILES string of the molecule is O=C(O)CC[C@H](NC(=O)c1cc(C(=O)NCCCCC(NC(=O)N[C@@H](CCC(=O)O)C(=O)O)C(=O)O)cc(-n2cc(CCCF)nn2)c1)OCO. The highest BCUT2D eigenvalue weighted by atomic mass is 19.1. The average molecular weight is 726 g/mol. The Morgan fingerprint density at radius 2 is 1.39 bits per heavy atom. The first-order valence-electron chi connectivity index (χ1n) is 15.6. The van der Waals surface area contributed by atoms with Crippen LogP contribution in [0.4, 0.5) is 9.18 Å². The van der Waals surface area contributed by atoms with Crippen molar-refractivity contribution >= 4 is 41.7 Å². The maximum absolute atomic E-state index is 13.2. The third kappa shape index (κ3) is 15.2. The quantitative estimate of drug-likeness (QED) is 0.0509. The summed E-state index contributed by atoms with van der Waals surface area (Å²) in [6, 6.07) is -0.101. The number of nitrogens with zero attached hydrogens (tertiary/aromatic N) is 3. The zero-order chi connectivity index (χ0) is 37.9. The van der Waals surface area contributed by atoms with Gasteiger partial charge in [0.1, 0.15) is 25.1 Å². The van der Waals surface area contributed by atoms with E-state index in [2.05, 4.69) is 26.3 Å². The molecule has 0 aliphatic rings. The number of carbonyl (C=O) groups excluding carboxylic acids is 3. The summed E-state index contributed by atoms with van der Waals surface area (Å²) in [4.78, 5) is 83.2. The normalized spacial score (nSPS) is 12.6. The Balaban J connectivity index is 2.10. The Hall–Kier alpha value is -5.70. The minimum Gasteiger partial charge on any atom is -0.481 e. The van der Waals surface area contributed by atoms with Gasteiger partial charge < -0.3 is 51.5 Å². The lowest BCUT2D eigenvalue weighted by atomic mass is 10.1. The molecule has 0 fully saturated rings. The van der Waals surface area contributed by atoms with Crippen LogP contribution in [0.2, 0.25) is 0 Å². The molecule has 1 aromatic heterocycles. The topological polar surface area (TPSA) is 309 Å². The number of benzene rings is 1. The monoisotopic (exact) mass is 725 g/mol. The lowest BCUT2D eigenvalue weighted by molar-refractivity contribution is -0.141. The van der Waals surface area contributed by atoms with Crippen LogP contribution in [0, 0.1) is 0 Å². The number of unbranched alkanes of at least 4 members (excludes halogenated alkanes) is 1. The molecule has 0 radical (unpaired) electrons. The Morgan fingerprint density at radius 1 is 0.784 bits per heavy atom. The zero-order valence-electron chi connectivity index (χ0n) is 27.2. The van der Waals surface area contributed by atoms with E-state index in [1.807, 2.05) is 5.32 Å². The van der Waals surface area contributed by atoms with Crippen LogP contribution in [-0.4, -0.2) is 121 Å². The van der Waals surface area contributed by atoms with E-state index >= 15 is 0 Å². The summed E-state index contributed by atoms with van der Waals surface area (Å²) in [6.07, 6.45) is -0.417. The number of aliphatic carboxylic acids is 4. The summed E-state index contributed by atoms with van der Waals surface area (Å²) >= 11 is 0. The second kappa shape index (κ2) is 21.4. The molecule has 280 valence electrons. The molecule has 1 unspecified atom stereocenters. The molecular weight excluding hydrogens is 685 g/mol. The Kier molecular flexibility index (Phi) is 17.4. The predicted molar refractivity (Wildman–Crippen MR) is 170 cm³/mol. The Morgan fingerprint density at radius 3 is 1.98 bits per heavy atom. The number of nitrogens with one attached hydrogen (secondary N) is 4. The number of aryl methyl sites for hydroxylation is 1. The minimum absolute atomic E-state index is 0.0127. The summed E-state index contributed by atoms with van der Waals surface area (Å²) in [5.74, 6) is -6.77. The zero-order valence-corrected chi connectivity index (χ0v) is 27.2. The Labute approximate surface area is 289 Å². The van der Waals surface area contributed by atoms with Gasteiger partial charge in [-0.2, -0.15) is 0 Å². The third-order valence-corrected chi connectivity index (χ3v) is 7.06. The van der Waals surface area contributed by atoms with Crippen molar-refractivity contribution in [1.29, 1.82) is 0 Å². The van der Waals surface area contributed by atoms with Gasteiger partial charge in [0, 0.05) is 36.9 Å². The number of hydrogen-bond donors (Lipinski definition) is 9. The van der Waals surface area contributed by atoms with Crippen LogP contribution in [0.15, 0.2) is 24.4 Å². The first kappa shape index (κ1) is 41.5. The van der Waals surface area contributed by atoms with Crippen molar-refractivity contribution in [1.82, 2.24) is 36.3 Å². The molecule has 2 rings (SSSR count). The highest BCUT2D eigenvalue weighted by molar-refractivity contribution is 6.00. The summed E-state index contributed by atoms with van der Waals surface area (Å²) < 4.78 is 18.9. The van der Waals surface area contributed by atoms with Gasteiger partial charge in [0.2, 0.25) is 0 Å². The first-order valence-corrected chi connectivity index (χ1v) is 15.6. The van der Waals surface area contributed by atoms with E-state index in [1.54, 1.807) is 0 Å². The third-order valence-electron chi connectivity index (χ3n) is 7.06. The van der Waals surface area contributed by atoms with Gasteiger partial charge >= 0.3 is 29.9 Å². The second-order valence-corrected chi connectivity index (χ2v) is 11.0. The molecule has 21 heteroatoms. The number of halogens is 1. The smallest absolute Gasteiger partial charge is 0.326 e. The lowest BCUT2D eigenvalue weighted by Gasteiger charge is -2.18. The van der Waals surface area contributed by atoms with Gasteiger partial charge in [0.05, 0.1) is 24.3 Å². The van der Waals surface area contributed by atoms with Crippen molar-refractivity contribution in [2.24, 2.45) is 0 Å². The van der Waals surface area contributed by atoms with Gasteiger partial charge in [-0.1, -0.05) is 5.21 Å².